The lowest BCUT2D eigenvalue weighted by Gasteiger charge is -2.23. The summed E-state index contributed by atoms with van der Waals surface area (Å²) >= 11 is 0. The molecule has 0 bridgehead atoms. The van der Waals surface area contributed by atoms with E-state index < -0.39 is 0 Å². The van der Waals surface area contributed by atoms with E-state index >= 15 is 0 Å². The van der Waals surface area contributed by atoms with E-state index in [0.717, 1.165) is 11.5 Å². The van der Waals surface area contributed by atoms with Crippen LogP contribution < -0.4 is 9.47 Å². The lowest BCUT2D eigenvalue weighted by molar-refractivity contribution is 0.174. The van der Waals surface area contributed by atoms with Gasteiger partial charge in [-0.25, -0.2) is 0 Å². The molecule has 1 saturated carbocycles. The first kappa shape index (κ1) is 9.08. The largest absolute Gasteiger partial charge is 0.454 e. The molecule has 0 amide bonds. The molecule has 1 aliphatic heterocycles. The highest BCUT2D eigenvalue weighted by Gasteiger charge is 2.31. The molecule has 1 aliphatic carbocycles. The molecule has 0 spiro atoms. The van der Waals surface area contributed by atoms with E-state index in [0.29, 0.717) is 6.79 Å². The lowest BCUT2D eigenvalue weighted by Crippen LogP contribution is -2.16. The Morgan fingerprint density at radius 1 is 1.07 bits per heavy atom. The summed E-state index contributed by atoms with van der Waals surface area (Å²) in [7, 11) is 0. The quantitative estimate of drug-likeness (QED) is 0.698. The van der Waals surface area contributed by atoms with Crippen LogP contribution in [-0.2, 0) is 5.41 Å². The third-order valence-corrected chi connectivity index (χ3v) is 3.55. The van der Waals surface area contributed by atoms with E-state index in [-0.39, 0.29) is 5.41 Å². The Morgan fingerprint density at radius 3 is 2.60 bits per heavy atom. The molecule has 0 unspecified atom stereocenters. The first-order valence-corrected chi connectivity index (χ1v) is 5.53. The Morgan fingerprint density at radius 2 is 1.80 bits per heavy atom. The van der Waals surface area contributed by atoms with Gasteiger partial charge >= 0.3 is 0 Å². The molecule has 2 nitrogen and oxygen atoms in total. The van der Waals surface area contributed by atoms with Crippen LogP contribution in [0.25, 0.3) is 0 Å². The Hall–Kier alpha value is -1.18. The van der Waals surface area contributed by atoms with E-state index in [1.165, 1.54) is 31.2 Å². The van der Waals surface area contributed by atoms with Crippen molar-refractivity contribution in [2.45, 2.75) is 31.1 Å². The third kappa shape index (κ3) is 1.39. The molecule has 0 aromatic heterocycles. The van der Waals surface area contributed by atoms with Crippen molar-refractivity contribution in [1.82, 2.24) is 0 Å². The molecular weight excluding hydrogens is 188 g/mol. The fourth-order valence-electron chi connectivity index (χ4n) is 2.57. The molecule has 3 rings (SSSR count). The number of hydrogen-bond donors (Lipinski definition) is 0. The van der Waals surface area contributed by atoms with Crippen molar-refractivity contribution < 1.29 is 9.47 Å². The topological polar surface area (TPSA) is 18.5 Å². The van der Waals surface area contributed by atoms with Gasteiger partial charge in [0.15, 0.2) is 11.5 Å². The molecule has 0 atom stereocenters. The minimum absolute atomic E-state index is 0.112. The average Bonchev–Trinajstić information content (AvgIpc) is 2.85. The van der Waals surface area contributed by atoms with Crippen LogP contribution in [0.15, 0.2) is 18.2 Å². The molecule has 1 aromatic rings. The molecule has 1 aromatic carbocycles. The van der Waals surface area contributed by atoms with E-state index in [2.05, 4.69) is 19.1 Å². The van der Waals surface area contributed by atoms with E-state index in [1.54, 1.807) is 0 Å². The van der Waals surface area contributed by atoms with Crippen molar-refractivity contribution in [3.8, 4) is 11.5 Å². The van der Waals surface area contributed by atoms with Gasteiger partial charge in [-0.05, 0) is 42.9 Å². The predicted molar refractivity (Wildman–Crippen MR) is 58.1 cm³/mol. The van der Waals surface area contributed by atoms with Gasteiger partial charge in [0.1, 0.15) is 0 Å². The third-order valence-electron chi connectivity index (χ3n) is 3.55. The maximum atomic E-state index is 5.39. The summed E-state index contributed by atoms with van der Waals surface area (Å²) in [4.78, 5) is 0. The van der Waals surface area contributed by atoms with Gasteiger partial charge in [0.2, 0.25) is 6.79 Å². The molecule has 1 fully saturated rings. The molecular formula is C13H15O2. The molecule has 15 heavy (non-hydrogen) atoms. The summed E-state index contributed by atoms with van der Waals surface area (Å²) < 4.78 is 10.7. The van der Waals surface area contributed by atoms with Crippen LogP contribution in [0.1, 0.15) is 31.2 Å². The molecule has 2 aliphatic rings. The first-order chi connectivity index (χ1) is 7.28. The molecule has 0 saturated heterocycles. The van der Waals surface area contributed by atoms with Crippen LogP contribution in [0.5, 0.6) is 11.5 Å². The number of hydrogen-bond acceptors (Lipinski definition) is 2. The zero-order valence-corrected chi connectivity index (χ0v) is 8.79. The van der Waals surface area contributed by atoms with Gasteiger partial charge in [-0.15, -0.1) is 0 Å². The van der Waals surface area contributed by atoms with Crippen LogP contribution in [0.3, 0.4) is 0 Å². The lowest BCUT2D eigenvalue weighted by atomic mass is 9.81. The van der Waals surface area contributed by atoms with Crippen molar-refractivity contribution in [3.05, 3.63) is 30.7 Å². The van der Waals surface area contributed by atoms with Crippen LogP contribution in [-0.4, -0.2) is 6.79 Å². The van der Waals surface area contributed by atoms with Crippen LogP contribution in [0, 0.1) is 6.92 Å². The number of rotatable bonds is 1. The van der Waals surface area contributed by atoms with Crippen LogP contribution in [0.4, 0.5) is 0 Å². The van der Waals surface area contributed by atoms with E-state index in [4.69, 9.17) is 9.47 Å². The fraction of sp³-hybridized carbons (Fsp3) is 0.462. The van der Waals surface area contributed by atoms with Crippen molar-refractivity contribution in [2.75, 3.05) is 6.79 Å². The van der Waals surface area contributed by atoms with E-state index in [9.17, 15) is 0 Å². The summed E-state index contributed by atoms with van der Waals surface area (Å²) in [5.41, 5.74) is 1.41. The highest BCUT2D eigenvalue weighted by atomic mass is 16.7. The second-order valence-electron chi connectivity index (χ2n) is 4.56. The predicted octanol–water partition coefficient (Wildman–Crippen LogP) is 3.06. The Labute approximate surface area is 90.2 Å². The van der Waals surface area contributed by atoms with Gasteiger partial charge in [-0.3, -0.25) is 0 Å². The molecule has 79 valence electrons. The molecule has 1 radical (unpaired) electrons. The van der Waals surface area contributed by atoms with Gasteiger partial charge in [0.05, 0.1) is 0 Å². The van der Waals surface area contributed by atoms with Gasteiger partial charge in [0.25, 0.3) is 0 Å². The Kier molecular flexibility index (Phi) is 1.91. The second-order valence-corrected chi connectivity index (χ2v) is 4.56. The van der Waals surface area contributed by atoms with Crippen molar-refractivity contribution in [3.63, 3.8) is 0 Å². The summed E-state index contributed by atoms with van der Waals surface area (Å²) in [6, 6.07) is 6.23. The Balaban J connectivity index is 1.98. The summed E-state index contributed by atoms with van der Waals surface area (Å²) in [6.07, 6.45) is 4.95. The molecule has 0 N–H and O–H groups in total. The minimum Gasteiger partial charge on any atom is -0.454 e. The summed E-state index contributed by atoms with van der Waals surface area (Å²) in [5, 5.41) is 0. The average molecular weight is 203 g/mol. The second kappa shape index (κ2) is 3.16. The maximum absolute atomic E-state index is 5.39. The highest BCUT2D eigenvalue weighted by Crippen LogP contribution is 2.43. The summed E-state index contributed by atoms with van der Waals surface area (Å²) in [6.45, 7) is 4.72. The van der Waals surface area contributed by atoms with Gasteiger partial charge < -0.3 is 9.47 Å². The highest BCUT2D eigenvalue weighted by molar-refractivity contribution is 5.47. The fourth-order valence-corrected chi connectivity index (χ4v) is 2.57. The Bertz CT molecular complexity index is 378. The number of fused-ring (bicyclic) bond motifs is 1. The standard InChI is InChI=1S/C13H15O2/c1-13(6-2-3-7-13)10-4-5-11-12(8-10)15-9-14-11/h4-5,8H,1-3,6-7,9H2. The normalized spacial score (nSPS) is 21.9. The minimum atomic E-state index is 0.112. The molecule has 1 heterocycles. The monoisotopic (exact) mass is 203 g/mol. The van der Waals surface area contributed by atoms with Crippen LogP contribution >= 0.6 is 0 Å². The number of ether oxygens (including phenoxy) is 2. The first-order valence-electron chi connectivity index (χ1n) is 5.53. The zero-order chi connectivity index (χ0) is 10.3. The summed E-state index contributed by atoms with van der Waals surface area (Å²) in [5.74, 6) is 1.74. The zero-order valence-electron chi connectivity index (χ0n) is 8.79. The maximum Gasteiger partial charge on any atom is 0.231 e. The van der Waals surface area contributed by atoms with Gasteiger partial charge in [0, 0.05) is 0 Å². The van der Waals surface area contributed by atoms with Gasteiger partial charge in [-0.2, -0.15) is 0 Å². The molecule has 2 heteroatoms. The van der Waals surface area contributed by atoms with Crippen LogP contribution in [0.2, 0.25) is 0 Å². The number of benzene rings is 1. The smallest absolute Gasteiger partial charge is 0.231 e. The van der Waals surface area contributed by atoms with Gasteiger partial charge in [-0.1, -0.05) is 18.9 Å². The van der Waals surface area contributed by atoms with Crippen molar-refractivity contribution in [1.29, 1.82) is 0 Å². The van der Waals surface area contributed by atoms with Crippen molar-refractivity contribution >= 4 is 0 Å². The SMILES string of the molecule is [CH2]C1(c2ccc3c(c2)OCO3)CCCC1. The van der Waals surface area contributed by atoms with E-state index in [1.807, 2.05) is 6.07 Å². The van der Waals surface area contributed by atoms with Crippen molar-refractivity contribution in [2.24, 2.45) is 0 Å².